The molecule has 0 N–H and O–H groups in total. The predicted octanol–water partition coefficient (Wildman–Crippen LogP) is 1.41. The molecule has 0 aromatic heterocycles. The summed E-state index contributed by atoms with van der Waals surface area (Å²) in [6.45, 7) is 7.09. The molecular weight excluding hydrogens is 312 g/mol. The number of rotatable bonds is 1. The molecule has 0 bridgehead atoms. The maximum atomic E-state index is 3.68. The third kappa shape index (κ3) is 10.7. The Morgan fingerprint density at radius 1 is 1.57 bits per heavy atom. The number of hydrogen-bond acceptors (Lipinski definition) is 1. The van der Waals surface area contributed by atoms with Crippen molar-refractivity contribution in [3.05, 3.63) is 12.8 Å². The fraction of sp³-hybridized carbons (Fsp3) is 0.400. The van der Waals surface area contributed by atoms with Gasteiger partial charge < -0.3 is 4.99 Å². The Balaban J connectivity index is 0. The molecule has 0 fully saturated rings. The summed E-state index contributed by atoms with van der Waals surface area (Å²) in [6.07, 6.45) is 2.41. The number of aliphatic imine (C=N–C) groups is 1. The van der Waals surface area contributed by atoms with Crippen LogP contribution in [0.2, 0.25) is 0 Å². The van der Waals surface area contributed by atoms with E-state index in [4.69, 9.17) is 0 Å². The van der Waals surface area contributed by atoms with E-state index in [2.05, 4.69) is 17.8 Å². The van der Waals surface area contributed by atoms with Crippen LogP contribution in [0.1, 0.15) is 13.8 Å². The summed E-state index contributed by atoms with van der Waals surface area (Å²) in [4.78, 5) is 3.68. The van der Waals surface area contributed by atoms with Gasteiger partial charge in [-0.1, -0.05) is 13.8 Å². The van der Waals surface area contributed by atoms with E-state index in [9.17, 15) is 0 Å². The molecule has 0 aliphatic rings. The second-order valence-electron chi connectivity index (χ2n) is 1.22. The SMILES string of the molecule is C=[C-]N=C(C)C.[U]. The van der Waals surface area contributed by atoms with Crippen LogP contribution in [-0.2, 0) is 0 Å². The molecule has 0 amide bonds. The predicted molar refractivity (Wildman–Crippen MR) is 27.7 cm³/mol. The molecule has 2 heteroatoms. The van der Waals surface area contributed by atoms with E-state index < -0.39 is 0 Å². The first-order valence-corrected chi connectivity index (χ1v) is 1.80. The van der Waals surface area contributed by atoms with E-state index in [-0.39, 0.29) is 31.1 Å². The molecule has 0 radical (unpaired) electrons. The fourth-order valence-electron chi connectivity index (χ4n) is 0.158. The topological polar surface area (TPSA) is 12.4 Å². The van der Waals surface area contributed by atoms with Crippen LogP contribution in [0.25, 0.3) is 0 Å². The van der Waals surface area contributed by atoms with Gasteiger partial charge in [-0.25, -0.2) is 0 Å². The molecule has 0 aromatic rings. The second-order valence-corrected chi connectivity index (χ2v) is 1.22. The van der Waals surface area contributed by atoms with Crippen LogP contribution in [0, 0.1) is 37.3 Å². The van der Waals surface area contributed by atoms with Gasteiger partial charge in [-0.05, 0) is 0 Å². The Morgan fingerprint density at radius 3 is 2.00 bits per heavy atom. The maximum Gasteiger partial charge on any atom is 0 e. The number of nitrogens with zero attached hydrogens (tertiary/aromatic N) is 1. The quantitative estimate of drug-likeness (QED) is 0.512. The standard InChI is InChI=1S/C5H8N.U/c1-4-6-5(2)3;/h1H2,2-3H3;/q-1;. The molecule has 0 unspecified atom stereocenters. The summed E-state index contributed by atoms with van der Waals surface area (Å²) < 4.78 is 0. The van der Waals surface area contributed by atoms with Gasteiger partial charge in [0.05, 0.1) is 0 Å². The maximum absolute atomic E-state index is 3.68. The molecule has 0 rings (SSSR count). The van der Waals surface area contributed by atoms with Crippen LogP contribution in [0.3, 0.4) is 0 Å². The zero-order valence-corrected chi connectivity index (χ0v) is 8.82. The molecule has 0 saturated heterocycles. The van der Waals surface area contributed by atoms with Crippen LogP contribution in [0.4, 0.5) is 0 Å². The smallest absolute Gasteiger partial charge is 0 e. The van der Waals surface area contributed by atoms with Crippen LogP contribution in [0.15, 0.2) is 11.6 Å². The first-order valence-electron chi connectivity index (χ1n) is 1.80. The van der Waals surface area contributed by atoms with E-state index in [1.807, 2.05) is 13.8 Å². The average molecular weight is 320 g/mol. The van der Waals surface area contributed by atoms with Crippen LogP contribution in [-0.4, -0.2) is 5.71 Å². The van der Waals surface area contributed by atoms with E-state index in [0.29, 0.717) is 0 Å². The number of hydrogen-bond donors (Lipinski definition) is 0. The van der Waals surface area contributed by atoms with Crippen molar-refractivity contribution in [2.75, 3.05) is 0 Å². The van der Waals surface area contributed by atoms with Gasteiger partial charge in [-0.3, -0.25) is 0 Å². The summed E-state index contributed by atoms with van der Waals surface area (Å²) in [7, 11) is 0. The summed E-state index contributed by atoms with van der Waals surface area (Å²) >= 11 is 0. The van der Waals surface area contributed by atoms with Crippen molar-refractivity contribution in [2.24, 2.45) is 4.99 Å². The summed E-state index contributed by atoms with van der Waals surface area (Å²) in [5, 5.41) is 0. The van der Waals surface area contributed by atoms with Gasteiger partial charge in [0.15, 0.2) is 0 Å². The minimum Gasteiger partial charge on any atom is -0.461 e. The Kier molecular flexibility index (Phi) is 9.64. The van der Waals surface area contributed by atoms with Crippen molar-refractivity contribution in [1.29, 1.82) is 0 Å². The Morgan fingerprint density at radius 2 is 2.00 bits per heavy atom. The first-order chi connectivity index (χ1) is 2.77. The summed E-state index contributed by atoms with van der Waals surface area (Å²) in [5.74, 6) is 0. The Bertz CT molecular complexity index is 72.1. The zero-order valence-electron chi connectivity index (χ0n) is 4.65. The van der Waals surface area contributed by atoms with E-state index in [1.54, 1.807) is 0 Å². The van der Waals surface area contributed by atoms with Crippen LogP contribution in [0.5, 0.6) is 0 Å². The van der Waals surface area contributed by atoms with Gasteiger partial charge in [-0.15, -0.1) is 5.71 Å². The molecule has 0 saturated carbocycles. The minimum absolute atomic E-state index is 0. The van der Waals surface area contributed by atoms with Crippen molar-refractivity contribution in [3.8, 4) is 0 Å². The van der Waals surface area contributed by atoms with Gasteiger partial charge in [-0.2, -0.15) is 12.8 Å². The summed E-state index contributed by atoms with van der Waals surface area (Å²) in [5.41, 5.74) is 0.991. The largest absolute Gasteiger partial charge is 0.461 e. The van der Waals surface area contributed by atoms with Crippen molar-refractivity contribution < 1.29 is 31.1 Å². The van der Waals surface area contributed by atoms with Gasteiger partial charge in [0.25, 0.3) is 0 Å². The third-order valence-electron chi connectivity index (χ3n) is 0.303. The molecule has 0 heterocycles. The normalized spacial score (nSPS) is 6.00. The van der Waals surface area contributed by atoms with E-state index >= 15 is 0 Å². The van der Waals surface area contributed by atoms with E-state index in [1.165, 1.54) is 0 Å². The molecule has 0 aliphatic heterocycles. The fourth-order valence-corrected chi connectivity index (χ4v) is 0.158. The van der Waals surface area contributed by atoms with Crippen LogP contribution < -0.4 is 0 Å². The van der Waals surface area contributed by atoms with Crippen molar-refractivity contribution >= 4 is 5.71 Å². The molecule has 38 valence electrons. The monoisotopic (exact) mass is 320 g/mol. The van der Waals surface area contributed by atoms with Gasteiger partial charge in [0.2, 0.25) is 0 Å². The first kappa shape index (κ1) is 10.4. The van der Waals surface area contributed by atoms with Crippen molar-refractivity contribution in [3.63, 3.8) is 0 Å². The summed E-state index contributed by atoms with van der Waals surface area (Å²) in [6, 6.07) is 0. The minimum atomic E-state index is 0. The van der Waals surface area contributed by atoms with Gasteiger partial charge in [0, 0.05) is 31.1 Å². The average Bonchev–Trinajstić information content (AvgIpc) is 1.35. The van der Waals surface area contributed by atoms with Crippen molar-refractivity contribution in [1.82, 2.24) is 0 Å². The molecule has 0 atom stereocenters. The van der Waals surface area contributed by atoms with Gasteiger partial charge in [0.1, 0.15) is 0 Å². The third-order valence-corrected chi connectivity index (χ3v) is 0.303. The molecule has 0 aromatic carbocycles. The second kappa shape index (κ2) is 6.46. The molecule has 0 aliphatic carbocycles. The Labute approximate surface area is 68.3 Å². The molecular formula is C5H8NU-. The molecule has 0 spiro atoms. The van der Waals surface area contributed by atoms with Crippen molar-refractivity contribution in [2.45, 2.75) is 13.8 Å². The van der Waals surface area contributed by atoms with Gasteiger partial charge >= 0.3 is 0 Å². The zero-order chi connectivity index (χ0) is 4.99. The Hall–Kier alpha value is 0.462. The van der Waals surface area contributed by atoms with E-state index in [0.717, 1.165) is 5.71 Å². The molecule has 1 nitrogen and oxygen atoms in total. The molecule has 7 heavy (non-hydrogen) atoms. The van der Waals surface area contributed by atoms with Crippen LogP contribution >= 0.6 is 0 Å².